The van der Waals surface area contributed by atoms with Gasteiger partial charge in [-0.05, 0) is 19.4 Å². The van der Waals surface area contributed by atoms with E-state index in [0.29, 0.717) is 11.9 Å². The Morgan fingerprint density at radius 2 is 2.57 bits per heavy atom. The fourth-order valence-corrected chi connectivity index (χ4v) is 1.46. The molecule has 1 aliphatic rings. The van der Waals surface area contributed by atoms with Gasteiger partial charge in [0.2, 0.25) is 0 Å². The number of halogens is 1. The van der Waals surface area contributed by atoms with Crippen LogP contribution in [0, 0.1) is 23.2 Å². The molecule has 76 valence electrons. The first-order chi connectivity index (χ1) is 6.64. The third kappa shape index (κ3) is 2.62. The predicted octanol–water partition coefficient (Wildman–Crippen LogP) is 2.14. The van der Waals surface area contributed by atoms with Crippen molar-refractivity contribution in [2.24, 2.45) is 11.3 Å². The molecule has 0 spiro atoms. The van der Waals surface area contributed by atoms with Crippen LogP contribution in [0.2, 0.25) is 0 Å². The second-order valence-electron chi connectivity index (χ2n) is 3.50. The predicted molar refractivity (Wildman–Crippen MR) is 58.9 cm³/mol. The second kappa shape index (κ2) is 4.65. The highest BCUT2D eigenvalue weighted by molar-refractivity contribution is 9.09. The lowest BCUT2D eigenvalue weighted by molar-refractivity contribution is -0.145. The summed E-state index contributed by atoms with van der Waals surface area (Å²) in [5.41, 5.74) is -0.183. The number of carbonyl (C=O) groups excluding carboxylic acids is 1. The van der Waals surface area contributed by atoms with Crippen LogP contribution in [0.15, 0.2) is 12.7 Å². The zero-order valence-electron chi connectivity index (χ0n) is 8.18. The number of esters is 1. The molecular formula is C11H13BrO2. The molecule has 0 N–H and O–H groups in total. The summed E-state index contributed by atoms with van der Waals surface area (Å²) in [6, 6.07) is 0. The van der Waals surface area contributed by atoms with Gasteiger partial charge in [0.05, 0.1) is 5.92 Å². The van der Waals surface area contributed by atoms with Crippen LogP contribution in [0.25, 0.3) is 0 Å². The zero-order valence-corrected chi connectivity index (χ0v) is 9.76. The van der Waals surface area contributed by atoms with Crippen molar-refractivity contribution >= 4 is 21.9 Å². The number of hydrogen-bond acceptors (Lipinski definition) is 2. The number of rotatable bonds is 3. The summed E-state index contributed by atoms with van der Waals surface area (Å²) in [5.74, 6) is 5.62. The molecule has 1 aliphatic carbocycles. The fourth-order valence-electron chi connectivity index (χ4n) is 1.30. The molecule has 1 rings (SSSR count). The van der Waals surface area contributed by atoms with E-state index < -0.39 is 0 Å². The van der Waals surface area contributed by atoms with Crippen LogP contribution in [-0.2, 0) is 9.53 Å². The molecule has 2 nitrogen and oxygen atoms in total. The second-order valence-corrected chi connectivity index (χ2v) is 4.30. The third-order valence-corrected chi connectivity index (χ3v) is 2.63. The highest BCUT2D eigenvalue weighted by atomic mass is 79.9. The number of hydrogen-bond donors (Lipinski definition) is 0. The van der Waals surface area contributed by atoms with E-state index in [9.17, 15) is 4.79 Å². The van der Waals surface area contributed by atoms with Gasteiger partial charge in [0.15, 0.2) is 0 Å². The van der Waals surface area contributed by atoms with Gasteiger partial charge in [0.1, 0.15) is 6.61 Å². The van der Waals surface area contributed by atoms with Gasteiger partial charge >= 0.3 is 5.97 Å². The molecule has 0 aromatic rings. The fraction of sp³-hybridized carbons (Fsp3) is 0.545. The number of carbonyl (C=O) groups is 1. The van der Waals surface area contributed by atoms with E-state index in [2.05, 4.69) is 34.3 Å². The molecule has 0 amide bonds. The van der Waals surface area contributed by atoms with Gasteiger partial charge in [-0.3, -0.25) is 4.79 Å². The Morgan fingerprint density at radius 3 is 3.14 bits per heavy atom. The van der Waals surface area contributed by atoms with Crippen molar-refractivity contribution in [1.82, 2.24) is 0 Å². The van der Waals surface area contributed by atoms with Gasteiger partial charge in [-0.1, -0.05) is 34.3 Å². The Bertz CT molecular complexity index is 300. The minimum atomic E-state index is -0.183. The molecular weight excluding hydrogens is 244 g/mol. The lowest BCUT2D eigenvalue weighted by Crippen LogP contribution is -2.12. The van der Waals surface area contributed by atoms with Crippen LogP contribution in [0.1, 0.15) is 13.3 Å². The number of ether oxygens (including phenoxy) is 1. The van der Waals surface area contributed by atoms with Crippen molar-refractivity contribution in [3.63, 3.8) is 0 Å². The lowest BCUT2D eigenvalue weighted by Gasteiger charge is -2.03. The first-order valence-electron chi connectivity index (χ1n) is 4.50. The van der Waals surface area contributed by atoms with Gasteiger partial charge < -0.3 is 4.74 Å². The summed E-state index contributed by atoms with van der Waals surface area (Å²) >= 11 is 3.20. The van der Waals surface area contributed by atoms with E-state index in [1.807, 2.05) is 6.92 Å². The monoisotopic (exact) mass is 256 g/mol. The molecule has 0 heterocycles. The molecule has 1 fully saturated rings. The van der Waals surface area contributed by atoms with Crippen molar-refractivity contribution in [2.75, 3.05) is 11.9 Å². The summed E-state index contributed by atoms with van der Waals surface area (Å²) in [5, 5.41) is 0.681. The molecule has 0 aromatic carbocycles. The third-order valence-electron chi connectivity index (χ3n) is 2.30. The summed E-state index contributed by atoms with van der Waals surface area (Å²) in [7, 11) is 0. The molecule has 3 heteroatoms. The van der Waals surface area contributed by atoms with Crippen molar-refractivity contribution in [1.29, 1.82) is 0 Å². The molecule has 1 saturated carbocycles. The minimum Gasteiger partial charge on any atom is -0.465 e. The lowest BCUT2D eigenvalue weighted by atomic mass is 10.1. The minimum absolute atomic E-state index is 0.0472. The van der Waals surface area contributed by atoms with Gasteiger partial charge in [-0.25, -0.2) is 0 Å². The normalized spacial score (nSPS) is 28.6. The molecule has 14 heavy (non-hydrogen) atoms. The SMILES string of the molecule is C=CC#C[C@]1(C)C[C@H]1C(=O)OCCBr. The first kappa shape index (κ1) is 11.3. The van der Waals surface area contributed by atoms with Crippen LogP contribution in [0.5, 0.6) is 0 Å². The van der Waals surface area contributed by atoms with E-state index in [1.165, 1.54) is 0 Å². The quantitative estimate of drug-likeness (QED) is 0.440. The largest absolute Gasteiger partial charge is 0.465 e. The van der Waals surface area contributed by atoms with Crippen LogP contribution >= 0.6 is 15.9 Å². The van der Waals surface area contributed by atoms with Gasteiger partial charge in [0, 0.05) is 10.7 Å². The smallest absolute Gasteiger partial charge is 0.310 e. The van der Waals surface area contributed by atoms with Crippen LogP contribution in [0.4, 0.5) is 0 Å². The summed E-state index contributed by atoms with van der Waals surface area (Å²) < 4.78 is 5.01. The molecule has 0 saturated heterocycles. The van der Waals surface area contributed by atoms with Crippen LogP contribution < -0.4 is 0 Å². The highest BCUT2D eigenvalue weighted by Crippen LogP contribution is 2.52. The van der Waals surface area contributed by atoms with E-state index in [1.54, 1.807) is 6.08 Å². The van der Waals surface area contributed by atoms with E-state index in [4.69, 9.17) is 4.74 Å². The van der Waals surface area contributed by atoms with E-state index in [-0.39, 0.29) is 17.3 Å². The van der Waals surface area contributed by atoms with E-state index in [0.717, 1.165) is 6.42 Å². The molecule has 0 unspecified atom stereocenters. The topological polar surface area (TPSA) is 26.3 Å². The molecule has 0 aliphatic heterocycles. The van der Waals surface area contributed by atoms with Crippen LogP contribution in [-0.4, -0.2) is 17.9 Å². The van der Waals surface area contributed by atoms with Gasteiger partial charge in [-0.2, -0.15) is 0 Å². The Balaban J connectivity index is 2.44. The summed E-state index contributed by atoms with van der Waals surface area (Å²) in [6.07, 6.45) is 2.35. The van der Waals surface area contributed by atoms with E-state index >= 15 is 0 Å². The first-order valence-corrected chi connectivity index (χ1v) is 5.62. The number of allylic oxidation sites excluding steroid dienone is 1. The van der Waals surface area contributed by atoms with Crippen molar-refractivity contribution in [3.8, 4) is 11.8 Å². The molecule has 0 radical (unpaired) electrons. The Hall–Kier alpha value is -0.750. The number of alkyl halides is 1. The van der Waals surface area contributed by atoms with Crippen molar-refractivity contribution in [2.45, 2.75) is 13.3 Å². The average Bonchev–Trinajstić information content (AvgIpc) is 2.85. The summed E-state index contributed by atoms with van der Waals surface area (Å²) in [6.45, 7) is 5.92. The molecule has 2 atom stereocenters. The summed E-state index contributed by atoms with van der Waals surface area (Å²) in [4.78, 5) is 11.4. The Morgan fingerprint density at radius 1 is 1.86 bits per heavy atom. The van der Waals surface area contributed by atoms with Crippen molar-refractivity contribution < 1.29 is 9.53 Å². The zero-order chi connectivity index (χ0) is 10.6. The maximum atomic E-state index is 11.4. The molecule has 0 aromatic heterocycles. The standard InChI is InChI=1S/C11H13BrO2/c1-3-4-5-11(2)8-9(11)10(13)14-7-6-12/h3,9H,1,6-8H2,2H3/t9-,11+/m0/s1. The van der Waals surface area contributed by atoms with Crippen LogP contribution in [0.3, 0.4) is 0 Å². The average molecular weight is 257 g/mol. The maximum Gasteiger partial charge on any atom is 0.310 e. The van der Waals surface area contributed by atoms with Crippen molar-refractivity contribution in [3.05, 3.63) is 12.7 Å². The maximum absolute atomic E-state index is 11.4. The molecule has 0 bridgehead atoms. The highest BCUT2D eigenvalue weighted by Gasteiger charge is 2.54. The van der Waals surface area contributed by atoms with Gasteiger partial charge in [-0.15, -0.1) is 0 Å². The van der Waals surface area contributed by atoms with Gasteiger partial charge in [0.25, 0.3) is 0 Å². The Labute approximate surface area is 92.8 Å². The Kier molecular flexibility index (Phi) is 3.77.